The van der Waals surface area contributed by atoms with Crippen LogP contribution in [0.3, 0.4) is 0 Å². The minimum absolute atomic E-state index is 0.540. The number of ether oxygens (including phenoxy) is 1. The standard InChI is InChI=1S/C19H19FO6S2/c1-14(18(21)26-3)15(2)19(20,27(22,23)16-10-6-4-7-11-16)28(24,25)17-12-8-5-9-13-17/h4-13,15H,1H2,2-3H3/t15-/m1/s1. The summed E-state index contributed by atoms with van der Waals surface area (Å²) >= 11 is 0. The van der Waals surface area contributed by atoms with Gasteiger partial charge < -0.3 is 4.74 Å². The molecule has 0 saturated heterocycles. The molecule has 0 saturated carbocycles. The third kappa shape index (κ3) is 3.35. The molecule has 0 spiro atoms. The summed E-state index contributed by atoms with van der Waals surface area (Å²) in [6.45, 7) is 4.33. The first-order valence-electron chi connectivity index (χ1n) is 8.07. The van der Waals surface area contributed by atoms with E-state index in [0.717, 1.165) is 38.3 Å². The van der Waals surface area contributed by atoms with Crippen LogP contribution in [-0.2, 0) is 29.2 Å². The van der Waals surface area contributed by atoms with Gasteiger partial charge in [-0.05, 0) is 24.3 Å². The van der Waals surface area contributed by atoms with Crippen LogP contribution in [0.2, 0.25) is 0 Å². The zero-order valence-electron chi connectivity index (χ0n) is 15.2. The van der Waals surface area contributed by atoms with E-state index in [1.807, 2.05) is 0 Å². The van der Waals surface area contributed by atoms with Crippen LogP contribution in [0.5, 0.6) is 0 Å². The number of benzene rings is 2. The SMILES string of the molecule is C=C(C(=O)OC)[C@@H](C)C(F)(S(=O)(=O)c1ccccc1)S(=O)(=O)c1ccccc1. The van der Waals surface area contributed by atoms with Crippen molar-refractivity contribution in [3.8, 4) is 0 Å². The molecular weight excluding hydrogens is 407 g/mol. The van der Waals surface area contributed by atoms with Crippen LogP contribution >= 0.6 is 0 Å². The first-order chi connectivity index (χ1) is 13.0. The van der Waals surface area contributed by atoms with Gasteiger partial charge in [-0.15, -0.1) is 0 Å². The van der Waals surface area contributed by atoms with Gasteiger partial charge in [0.2, 0.25) is 19.7 Å². The number of hydrogen-bond donors (Lipinski definition) is 0. The molecule has 1 atom stereocenters. The van der Waals surface area contributed by atoms with Crippen molar-refractivity contribution < 1.29 is 30.8 Å². The highest BCUT2D eigenvalue weighted by Gasteiger charge is 2.62. The molecule has 0 fully saturated rings. The van der Waals surface area contributed by atoms with Crippen molar-refractivity contribution >= 4 is 25.6 Å². The van der Waals surface area contributed by atoms with E-state index in [4.69, 9.17) is 0 Å². The Morgan fingerprint density at radius 1 is 0.929 bits per heavy atom. The summed E-state index contributed by atoms with van der Waals surface area (Å²) in [4.78, 5) is 10.8. The topological polar surface area (TPSA) is 94.6 Å². The van der Waals surface area contributed by atoms with Crippen LogP contribution in [0.4, 0.5) is 4.39 Å². The van der Waals surface area contributed by atoms with E-state index in [1.165, 1.54) is 36.4 Å². The molecular formula is C19H19FO6S2. The van der Waals surface area contributed by atoms with Crippen LogP contribution in [0.25, 0.3) is 0 Å². The molecule has 150 valence electrons. The zero-order valence-corrected chi connectivity index (χ0v) is 16.8. The number of carbonyl (C=O) groups is 1. The summed E-state index contributed by atoms with van der Waals surface area (Å²) in [5, 5.41) is 0. The van der Waals surface area contributed by atoms with Gasteiger partial charge in [0, 0.05) is 5.57 Å². The molecule has 0 aliphatic carbocycles. The van der Waals surface area contributed by atoms with Crippen molar-refractivity contribution in [1.29, 1.82) is 0 Å². The van der Waals surface area contributed by atoms with Crippen molar-refractivity contribution in [2.75, 3.05) is 7.11 Å². The van der Waals surface area contributed by atoms with Crippen molar-refractivity contribution in [3.05, 3.63) is 72.8 Å². The lowest BCUT2D eigenvalue weighted by Gasteiger charge is -2.31. The third-order valence-corrected chi connectivity index (χ3v) is 9.60. The number of methoxy groups -OCH3 is 1. The predicted molar refractivity (Wildman–Crippen MR) is 101 cm³/mol. The number of hydrogen-bond acceptors (Lipinski definition) is 6. The molecule has 0 amide bonds. The lowest BCUT2D eigenvalue weighted by molar-refractivity contribution is -0.136. The van der Waals surface area contributed by atoms with Gasteiger partial charge >= 0.3 is 10.3 Å². The summed E-state index contributed by atoms with van der Waals surface area (Å²) in [5.74, 6) is -3.06. The molecule has 0 aliphatic rings. The number of carbonyl (C=O) groups excluding carboxylic acids is 1. The summed E-state index contributed by atoms with van der Waals surface area (Å²) < 4.78 is 69.7. The van der Waals surface area contributed by atoms with Crippen LogP contribution < -0.4 is 0 Å². The highest BCUT2D eigenvalue weighted by atomic mass is 32.3. The Balaban J connectivity index is 2.83. The highest BCUT2D eigenvalue weighted by Crippen LogP contribution is 2.45. The van der Waals surface area contributed by atoms with Gasteiger partial charge in [-0.25, -0.2) is 26.0 Å². The molecule has 6 nitrogen and oxygen atoms in total. The normalized spacial score (nSPS) is 13.5. The van der Waals surface area contributed by atoms with E-state index in [-0.39, 0.29) is 0 Å². The Kier molecular flexibility index (Phi) is 6.10. The van der Waals surface area contributed by atoms with Crippen LogP contribution in [0.1, 0.15) is 6.92 Å². The number of esters is 1. The lowest BCUT2D eigenvalue weighted by Crippen LogP contribution is -2.49. The number of rotatable bonds is 7. The quantitative estimate of drug-likeness (QED) is 0.499. The Morgan fingerprint density at radius 3 is 1.61 bits per heavy atom. The maximum atomic E-state index is 16.4. The second-order valence-electron chi connectivity index (χ2n) is 5.95. The van der Waals surface area contributed by atoms with E-state index in [9.17, 15) is 21.6 Å². The lowest BCUT2D eigenvalue weighted by atomic mass is 10.0. The summed E-state index contributed by atoms with van der Waals surface area (Å²) in [6, 6.07) is 12.7. The Bertz CT molecular complexity index is 1010. The van der Waals surface area contributed by atoms with Crippen molar-refractivity contribution in [3.63, 3.8) is 0 Å². The van der Waals surface area contributed by atoms with Gasteiger partial charge in [0.15, 0.2) is 0 Å². The van der Waals surface area contributed by atoms with E-state index in [2.05, 4.69) is 11.3 Å². The molecule has 0 N–H and O–H groups in total. The average Bonchev–Trinajstić information content (AvgIpc) is 2.72. The van der Waals surface area contributed by atoms with Gasteiger partial charge in [-0.1, -0.05) is 49.9 Å². The Labute approximate surface area is 163 Å². The summed E-state index contributed by atoms with van der Waals surface area (Å²) in [7, 11) is -9.23. The van der Waals surface area contributed by atoms with Gasteiger partial charge in [-0.3, -0.25) is 0 Å². The largest absolute Gasteiger partial charge is 0.466 e. The molecule has 0 unspecified atom stereocenters. The number of alkyl halides is 1. The van der Waals surface area contributed by atoms with Gasteiger partial charge in [0.05, 0.1) is 22.8 Å². The Hall–Kier alpha value is -2.52. The van der Waals surface area contributed by atoms with Crippen LogP contribution in [0.15, 0.2) is 82.6 Å². The molecule has 2 aromatic carbocycles. The fourth-order valence-electron chi connectivity index (χ4n) is 2.65. The first-order valence-corrected chi connectivity index (χ1v) is 11.0. The van der Waals surface area contributed by atoms with Crippen LogP contribution in [-0.4, -0.2) is 34.2 Å². The molecule has 0 aliphatic heterocycles. The van der Waals surface area contributed by atoms with Gasteiger partial charge in [-0.2, -0.15) is 0 Å². The molecule has 2 rings (SSSR count). The molecule has 0 radical (unpaired) electrons. The maximum Gasteiger partial charge on any atom is 0.333 e. The smallest absolute Gasteiger partial charge is 0.333 e. The summed E-state index contributed by atoms with van der Waals surface area (Å²) in [5.41, 5.74) is -0.621. The van der Waals surface area contributed by atoms with Crippen molar-refractivity contribution in [2.24, 2.45) is 5.92 Å². The third-order valence-electron chi connectivity index (χ3n) is 4.33. The minimum Gasteiger partial charge on any atom is -0.466 e. The minimum atomic E-state index is -5.12. The van der Waals surface area contributed by atoms with E-state index in [1.54, 1.807) is 0 Å². The molecule has 9 heteroatoms. The molecule has 2 aromatic rings. The highest BCUT2D eigenvalue weighted by molar-refractivity contribution is 8.10. The van der Waals surface area contributed by atoms with E-state index < -0.39 is 51.3 Å². The van der Waals surface area contributed by atoms with Crippen molar-refractivity contribution in [2.45, 2.75) is 21.0 Å². The van der Waals surface area contributed by atoms with E-state index >= 15 is 4.39 Å². The number of sulfone groups is 2. The molecule has 28 heavy (non-hydrogen) atoms. The Morgan fingerprint density at radius 2 is 1.29 bits per heavy atom. The summed E-state index contributed by atoms with van der Waals surface area (Å²) in [6.07, 6.45) is 0. The first kappa shape index (κ1) is 21.8. The monoisotopic (exact) mass is 426 g/mol. The molecule has 0 bridgehead atoms. The fraction of sp³-hybridized carbons (Fsp3) is 0.211. The maximum absolute atomic E-state index is 16.4. The molecule has 0 heterocycles. The second-order valence-corrected chi connectivity index (χ2v) is 10.4. The van der Waals surface area contributed by atoms with Crippen molar-refractivity contribution in [1.82, 2.24) is 0 Å². The number of halogens is 1. The van der Waals surface area contributed by atoms with Gasteiger partial charge in [0.25, 0.3) is 0 Å². The second kappa shape index (κ2) is 7.84. The predicted octanol–water partition coefficient (Wildman–Crippen LogP) is 2.92. The fourth-order valence-corrected chi connectivity index (χ4v) is 7.27. The molecule has 0 aromatic heterocycles. The average molecular weight is 426 g/mol. The van der Waals surface area contributed by atoms with Crippen LogP contribution in [0, 0.1) is 5.92 Å². The van der Waals surface area contributed by atoms with Gasteiger partial charge in [0.1, 0.15) is 0 Å². The zero-order chi connectivity index (χ0) is 21.2. The van der Waals surface area contributed by atoms with E-state index in [0.29, 0.717) is 0 Å².